The molecule has 3 heterocycles. The summed E-state index contributed by atoms with van der Waals surface area (Å²) < 4.78 is 11.2. The zero-order valence-electron chi connectivity index (χ0n) is 21.3. The molecular formula is C26H34N6O3. The molecule has 2 aromatic heterocycles. The minimum atomic E-state index is -0.517. The van der Waals surface area contributed by atoms with Crippen LogP contribution in [-0.4, -0.2) is 52.4 Å². The molecule has 1 aromatic carbocycles. The van der Waals surface area contributed by atoms with Crippen molar-refractivity contribution in [3.63, 3.8) is 0 Å². The smallest absolute Gasteiger partial charge is 0.407 e. The lowest BCUT2D eigenvalue weighted by Gasteiger charge is -2.40. The van der Waals surface area contributed by atoms with E-state index in [1.54, 1.807) is 0 Å². The minimum absolute atomic E-state index is 0.0194. The summed E-state index contributed by atoms with van der Waals surface area (Å²) in [6, 6.07) is 11.7. The van der Waals surface area contributed by atoms with Gasteiger partial charge in [0.15, 0.2) is 5.82 Å². The fourth-order valence-corrected chi connectivity index (χ4v) is 3.50. The molecule has 186 valence electrons. The number of alkyl carbamates (subject to hydrolysis) is 1. The van der Waals surface area contributed by atoms with Gasteiger partial charge in [-0.15, -0.1) is 0 Å². The van der Waals surface area contributed by atoms with Crippen molar-refractivity contribution < 1.29 is 14.3 Å². The second kappa shape index (κ2) is 9.56. The lowest BCUT2D eigenvalue weighted by atomic mass is 9.99. The average molecular weight is 479 g/mol. The van der Waals surface area contributed by atoms with Crippen LogP contribution in [0.4, 0.5) is 22.1 Å². The number of aromatic nitrogens is 3. The maximum absolute atomic E-state index is 12.0. The van der Waals surface area contributed by atoms with Crippen molar-refractivity contribution in [1.29, 1.82) is 0 Å². The van der Waals surface area contributed by atoms with Crippen LogP contribution in [-0.2, 0) is 4.74 Å². The number of hydrogen-bond acceptors (Lipinski definition) is 8. The zero-order valence-corrected chi connectivity index (χ0v) is 21.3. The molecule has 0 unspecified atom stereocenters. The largest absolute Gasteiger partial charge is 0.493 e. The fraction of sp³-hybridized carbons (Fsp3) is 0.462. The SMILES string of the molecule is CC(C)(C)COc1ccc(Nc2ncnc3ccc(N4CC(NC(=O)OC(C)(C)C)C4)nc23)cc1. The van der Waals surface area contributed by atoms with Gasteiger partial charge in [-0.3, -0.25) is 0 Å². The molecule has 3 aromatic rings. The van der Waals surface area contributed by atoms with Crippen LogP contribution >= 0.6 is 0 Å². The van der Waals surface area contributed by atoms with Gasteiger partial charge in [0.05, 0.1) is 18.2 Å². The number of nitrogens with one attached hydrogen (secondary N) is 2. The van der Waals surface area contributed by atoms with Crippen molar-refractivity contribution in [3.8, 4) is 5.75 Å². The first-order valence-corrected chi connectivity index (χ1v) is 11.8. The monoisotopic (exact) mass is 478 g/mol. The summed E-state index contributed by atoms with van der Waals surface area (Å²) in [5.74, 6) is 2.26. The van der Waals surface area contributed by atoms with Crippen LogP contribution in [0, 0.1) is 5.41 Å². The average Bonchev–Trinajstić information content (AvgIpc) is 2.74. The number of ether oxygens (including phenoxy) is 2. The van der Waals surface area contributed by atoms with Crippen molar-refractivity contribution in [2.45, 2.75) is 53.2 Å². The van der Waals surface area contributed by atoms with Crippen LogP contribution in [0.1, 0.15) is 41.5 Å². The molecule has 0 saturated carbocycles. The van der Waals surface area contributed by atoms with Gasteiger partial charge in [0, 0.05) is 18.8 Å². The van der Waals surface area contributed by atoms with Crippen LogP contribution in [0.25, 0.3) is 11.0 Å². The number of anilines is 3. The molecule has 9 heteroatoms. The van der Waals surface area contributed by atoms with Gasteiger partial charge in [-0.25, -0.2) is 19.7 Å². The third kappa shape index (κ3) is 6.71. The topological polar surface area (TPSA) is 102 Å². The third-order valence-electron chi connectivity index (χ3n) is 5.18. The Labute approximate surface area is 206 Å². The summed E-state index contributed by atoms with van der Waals surface area (Å²) in [5, 5.41) is 6.24. The Hall–Kier alpha value is -3.62. The second-order valence-corrected chi connectivity index (χ2v) is 11.0. The van der Waals surface area contributed by atoms with Crippen LogP contribution in [0.5, 0.6) is 5.75 Å². The molecule has 0 aliphatic carbocycles. The number of carbonyl (C=O) groups is 1. The van der Waals surface area contributed by atoms with Gasteiger partial charge >= 0.3 is 6.09 Å². The number of benzene rings is 1. The predicted octanol–water partition coefficient (Wildman–Crippen LogP) is 4.91. The Kier molecular flexibility index (Phi) is 6.69. The highest BCUT2D eigenvalue weighted by atomic mass is 16.6. The Morgan fingerprint density at radius 1 is 1.03 bits per heavy atom. The van der Waals surface area contributed by atoms with E-state index in [0.29, 0.717) is 31.0 Å². The van der Waals surface area contributed by atoms with Gasteiger partial charge in [-0.1, -0.05) is 20.8 Å². The van der Waals surface area contributed by atoms with Gasteiger partial charge in [-0.05, 0) is 62.6 Å². The fourth-order valence-electron chi connectivity index (χ4n) is 3.50. The van der Waals surface area contributed by atoms with Crippen LogP contribution in [0.15, 0.2) is 42.7 Å². The van der Waals surface area contributed by atoms with E-state index in [1.807, 2.05) is 57.2 Å². The highest BCUT2D eigenvalue weighted by molar-refractivity contribution is 5.88. The number of amides is 1. The van der Waals surface area contributed by atoms with Crippen molar-refractivity contribution in [2.75, 3.05) is 29.9 Å². The molecule has 4 rings (SSSR count). The molecule has 0 atom stereocenters. The number of nitrogens with zero attached hydrogens (tertiary/aromatic N) is 4. The van der Waals surface area contributed by atoms with Crippen molar-refractivity contribution in [2.24, 2.45) is 5.41 Å². The van der Waals surface area contributed by atoms with E-state index in [-0.39, 0.29) is 11.5 Å². The number of fused-ring (bicyclic) bond motifs is 1. The van der Waals surface area contributed by atoms with E-state index in [9.17, 15) is 4.79 Å². The van der Waals surface area contributed by atoms with E-state index in [2.05, 4.69) is 46.3 Å². The first kappa shape index (κ1) is 24.5. The van der Waals surface area contributed by atoms with Crippen LogP contribution in [0.3, 0.4) is 0 Å². The third-order valence-corrected chi connectivity index (χ3v) is 5.18. The summed E-state index contributed by atoms with van der Waals surface area (Å²) in [6.07, 6.45) is 1.13. The predicted molar refractivity (Wildman–Crippen MR) is 137 cm³/mol. The highest BCUT2D eigenvalue weighted by Gasteiger charge is 2.30. The van der Waals surface area contributed by atoms with Gasteiger partial charge in [0.1, 0.15) is 29.0 Å². The van der Waals surface area contributed by atoms with E-state index in [1.165, 1.54) is 6.33 Å². The van der Waals surface area contributed by atoms with Crippen molar-refractivity contribution in [3.05, 3.63) is 42.7 Å². The lowest BCUT2D eigenvalue weighted by molar-refractivity contribution is 0.0496. The Morgan fingerprint density at radius 3 is 2.40 bits per heavy atom. The summed E-state index contributed by atoms with van der Waals surface area (Å²) in [5.41, 5.74) is 1.90. The molecule has 1 saturated heterocycles. The molecular weight excluding hydrogens is 444 g/mol. The maximum atomic E-state index is 12.0. The van der Waals surface area contributed by atoms with Gasteiger partial charge in [-0.2, -0.15) is 0 Å². The van der Waals surface area contributed by atoms with E-state index >= 15 is 0 Å². The van der Waals surface area contributed by atoms with Crippen LogP contribution < -0.4 is 20.3 Å². The second-order valence-electron chi connectivity index (χ2n) is 11.0. The summed E-state index contributed by atoms with van der Waals surface area (Å²) in [6.45, 7) is 13.9. The Morgan fingerprint density at radius 2 is 1.74 bits per heavy atom. The molecule has 35 heavy (non-hydrogen) atoms. The summed E-state index contributed by atoms with van der Waals surface area (Å²) in [7, 11) is 0. The summed E-state index contributed by atoms with van der Waals surface area (Å²) >= 11 is 0. The molecule has 1 aliphatic heterocycles. The maximum Gasteiger partial charge on any atom is 0.407 e. The first-order chi connectivity index (χ1) is 16.4. The molecule has 1 amide bonds. The molecule has 2 N–H and O–H groups in total. The van der Waals surface area contributed by atoms with Gasteiger partial charge in [0.2, 0.25) is 0 Å². The molecule has 0 radical (unpaired) electrons. The lowest BCUT2D eigenvalue weighted by Crippen LogP contribution is -2.60. The number of pyridine rings is 1. The van der Waals surface area contributed by atoms with Crippen molar-refractivity contribution in [1.82, 2.24) is 20.3 Å². The quantitative estimate of drug-likeness (QED) is 0.516. The minimum Gasteiger partial charge on any atom is -0.493 e. The van der Waals surface area contributed by atoms with E-state index in [0.717, 1.165) is 22.8 Å². The van der Waals surface area contributed by atoms with Crippen molar-refractivity contribution >= 4 is 34.4 Å². The summed E-state index contributed by atoms with van der Waals surface area (Å²) in [4.78, 5) is 27.7. The van der Waals surface area contributed by atoms with E-state index < -0.39 is 11.7 Å². The molecule has 0 bridgehead atoms. The zero-order chi connectivity index (χ0) is 25.2. The molecule has 0 spiro atoms. The number of carbonyl (C=O) groups excluding carboxylic acids is 1. The molecule has 9 nitrogen and oxygen atoms in total. The Bertz CT molecular complexity index is 1180. The molecule has 1 fully saturated rings. The normalized spacial score (nSPS) is 14.4. The van der Waals surface area contributed by atoms with Gasteiger partial charge < -0.3 is 25.0 Å². The van der Waals surface area contributed by atoms with Crippen LogP contribution in [0.2, 0.25) is 0 Å². The standard InChI is InChI=1S/C26H34N6O3/c1-25(2,3)15-34-19-9-7-17(8-10-19)29-23-22-20(27-16-28-23)11-12-21(31-22)32-13-18(14-32)30-24(33)35-26(4,5)6/h7-12,16,18H,13-15H2,1-6H3,(H,30,33)(H,27,28,29). The van der Waals surface area contributed by atoms with E-state index in [4.69, 9.17) is 14.5 Å². The highest BCUT2D eigenvalue weighted by Crippen LogP contribution is 2.27. The van der Waals surface area contributed by atoms with Gasteiger partial charge in [0.25, 0.3) is 0 Å². The molecule has 1 aliphatic rings. The number of rotatable bonds is 6. The Balaban J connectivity index is 1.41. The number of hydrogen-bond donors (Lipinski definition) is 2. The first-order valence-electron chi connectivity index (χ1n) is 11.8.